The Hall–Kier alpha value is -0.417. The Bertz CT molecular complexity index is 430. The largest absolute Gasteiger partial charge is 0.318 e. The van der Waals surface area contributed by atoms with E-state index in [4.69, 9.17) is 0 Å². The molecule has 0 spiro atoms. The SMILES string of the molecule is CC1[CH-]C2C=CC=C(c3ccccc3)C2C1.[Zr]. The van der Waals surface area contributed by atoms with Gasteiger partial charge in [-0.15, -0.1) is 12.0 Å². The molecule has 0 aromatic heterocycles. The number of hydrogen-bond acceptors (Lipinski definition) is 0. The molecular formula is C16H17Zr-. The topological polar surface area (TPSA) is 0 Å². The molecule has 17 heavy (non-hydrogen) atoms. The molecule has 0 amide bonds. The van der Waals surface area contributed by atoms with Gasteiger partial charge in [-0.2, -0.15) is 5.92 Å². The van der Waals surface area contributed by atoms with Crippen molar-refractivity contribution in [2.24, 2.45) is 17.8 Å². The number of hydrogen-bond donors (Lipinski definition) is 0. The molecule has 1 heteroatoms. The average molecular weight is 301 g/mol. The molecule has 1 fully saturated rings. The first-order valence-corrected chi connectivity index (χ1v) is 6.13. The van der Waals surface area contributed by atoms with Gasteiger partial charge in [0.05, 0.1) is 0 Å². The van der Waals surface area contributed by atoms with Crippen molar-refractivity contribution in [1.82, 2.24) is 0 Å². The van der Waals surface area contributed by atoms with Crippen molar-refractivity contribution in [2.45, 2.75) is 13.3 Å². The fourth-order valence-corrected chi connectivity index (χ4v) is 3.03. The minimum Gasteiger partial charge on any atom is -0.318 e. The van der Waals surface area contributed by atoms with Crippen LogP contribution in [0.2, 0.25) is 0 Å². The summed E-state index contributed by atoms with van der Waals surface area (Å²) in [4.78, 5) is 0. The summed E-state index contributed by atoms with van der Waals surface area (Å²) in [5.41, 5.74) is 2.91. The van der Waals surface area contributed by atoms with Crippen LogP contribution < -0.4 is 0 Å². The van der Waals surface area contributed by atoms with Crippen LogP contribution in [-0.2, 0) is 26.2 Å². The second-order valence-electron chi connectivity index (χ2n) is 4.96. The maximum Gasteiger partial charge on any atom is 0 e. The van der Waals surface area contributed by atoms with Gasteiger partial charge in [0.15, 0.2) is 0 Å². The smallest absolute Gasteiger partial charge is 0 e. The van der Waals surface area contributed by atoms with Gasteiger partial charge < -0.3 is 6.42 Å². The van der Waals surface area contributed by atoms with Crippen LogP contribution in [-0.4, -0.2) is 0 Å². The monoisotopic (exact) mass is 299 g/mol. The molecular weight excluding hydrogens is 283 g/mol. The van der Waals surface area contributed by atoms with Crippen LogP contribution in [0.1, 0.15) is 18.9 Å². The van der Waals surface area contributed by atoms with E-state index in [-0.39, 0.29) is 26.2 Å². The van der Waals surface area contributed by atoms with E-state index in [0.717, 1.165) is 5.92 Å². The Balaban J connectivity index is 0.00000108. The number of benzene rings is 1. The average Bonchev–Trinajstić information content (AvgIpc) is 2.70. The van der Waals surface area contributed by atoms with Crippen molar-refractivity contribution in [3.05, 3.63) is 60.5 Å². The van der Waals surface area contributed by atoms with Crippen molar-refractivity contribution in [2.75, 3.05) is 0 Å². The number of allylic oxidation sites excluding steroid dienone is 4. The normalized spacial score (nSPS) is 30.4. The molecule has 0 heterocycles. The Morgan fingerprint density at radius 3 is 2.71 bits per heavy atom. The molecule has 0 saturated heterocycles. The van der Waals surface area contributed by atoms with Gasteiger partial charge in [-0.05, 0) is 17.1 Å². The van der Waals surface area contributed by atoms with Crippen molar-refractivity contribution >= 4 is 5.57 Å². The molecule has 86 valence electrons. The molecule has 3 unspecified atom stereocenters. The van der Waals surface area contributed by atoms with Crippen molar-refractivity contribution in [1.29, 1.82) is 0 Å². The summed E-state index contributed by atoms with van der Waals surface area (Å²) in [7, 11) is 0. The zero-order chi connectivity index (χ0) is 11.0. The van der Waals surface area contributed by atoms with E-state index in [9.17, 15) is 0 Å². The molecule has 1 aromatic carbocycles. The molecule has 0 aliphatic heterocycles. The third kappa shape index (κ3) is 2.55. The van der Waals surface area contributed by atoms with E-state index in [1.165, 1.54) is 17.6 Å². The third-order valence-electron chi connectivity index (χ3n) is 3.76. The van der Waals surface area contributed by atoms with Gasteiger partial charge in [0.1, 0.15) is 0 Å². The standard InChI is InChI=1S/C16H17.Zr/c1-12-10-14-8-5-9-15(16(14)11-12)13-6-3-2-4-7-13;/h2-10,12,14,16H,11H2,1H3;/q-1;. The van der Waals surface area contributed by atoms with E-state index in [2.05, 4.69) is 61.9 Å². The molecule has 0 N–H and O–H groups in total. The van der Waals surface area contributed by atoms with Crippen LogP contribution in [0.15, 0.2) is 48.6 Å². The fourth-order valence-electron chi connectivity index (χ4n) is 3.03. The van der Waals surface area contributed by atoms with Crippen LogP contribution in [0.4, 0.5) is 0 Å². The minimum atomic E-state index is 0. The zero-order valence-electron chi connectivity index (χ0n) is 10.1. The van der Waals surface area contributed by atoms with Crippen molar-refractivity contribution in [3.8, 4) is 0 Å². The molecule has 2 aliphatic carbocycles. The summed E-state index contributed by atoms with van der Waals surface area (Å²) in [5, 5.41) is 0. The van der Waals surface area contributed by atoms with Gasteiger partial charge in [-0.25, -0.2) is 0 Å². The Kier molecular flexibility index (Phi) is 4.20. The van der Waals surface area contributed by atoms with Crippen molar-refractivity contribution in [3.63, 3.8) is 0 Å². The van der Waals surface area contributed by atoms with Crippen molar-refractivity contribution < 1.29 is 26.2 Å². The van der Waals surface area contributed by atoms with E-state index in [1.54, 1.807) is 0 Å². The Labute approximate surface area is 123 Å². The quantitative estimate of drug-likeness (QED) is 0.685. The molecule has 0 nitrogen and oxygen atoms in total. The molecule has 0 bridgehead atoms. The van der Waals surface area contributed by atoms with E-state index < -0.39 is 0 Å². The van der Waals surface area contributed by atoms with Crippen LogP contribution in [0.3, 0.4) is 0 Å². The second kappa shape index (κ2) is 5.48. The molecule has 3 rings (SSSR count). The summed E-state index contributed by atoms with van der Waals surface area (Å²) in [5.74, 6) is 2.13. The van der Waals surface area contributed by atoms with Crippen LogP contribution in [0, 0.1) is 24.2 Å². The second-order valence-corrected chi connectivity index (χ2v) is 4.96. The first-order valence-electron chi connectivity index (χ1n) is 6.13. The summed E-state index contributed by atoms with van der Waals surface area (Å²) < 4.78 is 0. The van der Waals surface area contributed by atoms with E-state index >= 15 is 0 Å². The molecule has 2 aliphatic rings. The maximum absolute atomic E-state index is 2.50. The van der Waals surface area contributed by atoms with Crippen LogP contribution >= 0.6 is 0 Å². The predicted octanol–water partition coefficient (Wildman–Crippen LogP) is 4.11. The summed E-state index contributed by atoms with van der Waals surface area (Å²) in [6.07, 6.45) is 10.7. The van der Waals surface area contributed by atoms with Gasteiger partial charge in [0, 0.05) is 26.2 Å². The Morgan fingerprint density at radius 1 is 1.18 bits per heavy atom. The molecule has 1 saturated carbocycles. The van der Waals surface area contributed by atoms with Gasteiger partial charge in [-0.1, -0.05) is 55.8 Å². The van der Waals surface area contributed by atoms with Gasteiger partial charge in [0.25, 0.3) is 0 Å². The fraction of sp³-hybridized carbons (Fsp3) is 0.312. The van der Waals surface area contributed by atoms with E-state index in [0.29, 0.717) is 11.8 Å². The minimum absolute atomic E-state index is 0. The van der Waals surface area contributed by atoms with Gasteiger partial charge in [0.2, 0.25) is 0 Å². The number of rotatable bonds is 1. The maximum atomic E-state index is 2.50. The molecule has 3 atom stereocenters. The number of fused-ring (bicyclic) bond motifs is 1. The summed E-state index contributed by atoms with van der Waals surface area (Å²) in [6.45, 7) is 2.33. The van der Waals surface area contributed by atoms with Crippen LogP contribution in [0.5, 0.6) is 0 Å². The molecule has 1 aromatic rings. The Morgan fingerprint density at radius 2 is 1.94 bits per heavy atom. The molecule has 0 radical (unpaired) electrons. The summed E-state index contributed by atoms with van der Waals surface area (Å²) >= 11 is 0. The van der Waals surface area contributed by atoms with Crippen LogP contribution in [0.25, 0.3) is 5.57 Å². The summed E-state index contributed by atoms with van der Waals surface area (Å²) in [6, 6.07) is 10.8. The van der Waals surface area contributed by atoms with Gasteiger partial charge >= 0.3 is 0 Å². The first-order chi connectivity index (χ1) is 7.84. The first kappa shape index (κ1) is 13.0. The predicted molar refractivity (Wildman–Crippen MR) is 68.6 cm³/mol. The third-order valence-corrected chi connectivity index (χ3v) is 3.76. The van der Waals surface area contributed by atoms with Gasteiger partial charge in [-0.3, -0.25) is 0 Å². The zero-order valence-corrected chi connectivity index (χ0v) is 12.6. The van der Waals surface area contributed by atoms with E-state index in [1.807, 2.05) is 0 Å².